The molecule has 0 bridgehead atoms. The van der Waals surface area contributed by atoms with Gasteiger partial charge in [-0.15, -0.1) is 0 Å². The van der Waals surface area contributed by atoms with Crippen molar-refractivity contribution in [1.82, 2.24) is 9.97 Å². The standard InChI is InChI=1S/C38H23OP.C12H8N2/c39-40(30-10-2-1-3-11-30,33-22-18-28-14-12-24-6-4-8-26-16-20-31(33)37(28)35(24)26)34-23-19-29-15-13-25-7-5-9-27-17-21-32(34)38(29)36(25)27;1-3-9-5-6-11-10(4-2-7-13-11)12(9)14-8-1/h1-23H;1-8H. The smallest absolute Gasteiger partial charge is 0.172 e. The highest BCUT2D eigenvalue weighted by Crippen LogP contribution is 2.49. The van der Waals surface area contributed by atoms with Crippen molar-refractivity contribution < 1.29 is 4.57 Å². The topological polar surface area (TPSA) is 42.9 Å². The van der Waals surface area contributed by atoms with Crippen LogP contribution in [-0.4, -0.2) is 9.97 Å². The molecule has 0 atom stereocenters. The minimum absolute atomic E-state index is 0.861. The molecule has 3 nitrogen and oxygen atoms in total. The lowest BCUT2D eigenvalue weighted by Crippen LogP contribution is -2.26. The van der Waals surface area contributed by atoms with Gasteiger partial charge in [0, 0.05) is 39.1 Å². The van der Waals surface area contributed by atoms with Gasteiger partial charge >= 0.3 is 0 Å². The molecular weight excluding hydrogens is 676 g/mol. The van der Waals surface area contributed by atoms with Crippen molar-refractivity contribution in [2.75, 3.05) is 0 Å². The summed E-state index contributed by atoms with van der Waals surface area (Å²) >= 11 is 0. The van der Waals surface area contributed by atoms with Crippen molar-refractivity contribution in [2.24, 2.45) is 0 Å². The third-order valence-electron chi connectivity index (χ3n) is 11.2. The van der Waals surface area contributed by atoms with E-state index in [4.69, 9.17) is 0 Å². The summed E-state index contributed by atoms with van der Waals surface area (Å²) in [5.41, 5.74) is 2.02. The van der Waals surface area contributed by atoms with Gasteiger partial charge in [0.1, 0.15) is 0 Å². The van der Waals surface area contributed by atoms with Crippen LogP contribution in [0.5, 0.6) is 0 Å². The number of hydrogen-bond acceptors (Lipinski definition) is 3. The van der Waals surface area contributed by atoms with E-state index in [-0.39, 0.29) is 0 Å². The number of hydrogen-bond donors (Lipinski definition) is 0. The van der Waals surface area contributed by atoms with E-state index in [2.05, 4.69) is 137 Å². The first-order valence-corrected chi connectivity index (χ1v) is 20.0. The van der Waals surface area contributed by atoms with Crippen molar-refractivity contribution >= 4 is 109 Å². The quantitative estimate of drug-likeness (QED) is 0.136. The average molecular weight is 707 g/mol. The van der Waals surface area contributed by atoms with Crippen LogP contribution >= 0.6 is 7.14 Å². The zero-order valence-corrected chi connectivity index (χ0v) is 30.0. The van der Waals surface area contributed by atoms with E-state index in [1.165, 1.54) is 53.9 Å². The Balaban J connectivity index is 0.000000204. The molecule has 12 rings (SSSR count). The highest BCUT2D eigenvalue weighted by atomic mass is 31.2. The summed E-state index contributed by atoms with van der Waals surface area (Å²) in [4.78, 5) is 8.66. The maximum atomic E-state index is 16.1. The molecule has 54 heavy (non-hydrogen) atoms. The fourth-order valence-electron chi connectivity index (χ4n) is 8.73. The molecule has 0 saturated carbocycles. The Labute approximate surface area is 311 Å². The van der Waals surface area contributed by atoms with Crippen LogP contribution in [0.15, 0.2) is 188 Å². The zero-order valence-electron chi connectivity index (χ0n) is 29.1. The molecule has 0 N–H and O–H groups in total. The molecule has 4 heteroatoms. The molecule has 0 saturated heterocycles. The van der Waals surface area contributed by atoms with Crippen molar-refractivity contribution in [3.8, 4) is 0 Å². The minimum Gasteiger partial charge on any atom is -0.309 e. The second kappa shape index (κ2) is 11.9. The van der Waals surface area contributed by atoms with E-state index < -0.39 is 7.14 Å². The van der Waals surface area contributed by atoms with Gasteiger partial charge in [-0.05, 0) is 101 Å². The summed E-state index contributed by atoms with van der Waals surface area (Å²) in [7, 11) is -3.29. The van der Waals surface area contributed by atoms with E-state index in [9.17, 15) is 0 Å². The Morgan fingerprint density at radius 1 is 0.333 bits per heavy atom. The minimum atomic E-state index is -3.29. The molecular formula is C50H31N2OP. The van der Waals surface area contributed by atoms with Crippen LogP contribution in [0.25, 0.3) is 86.4 Å². The molecule has 0 aliphatic heterocycles. The molecule has 0 aliphatic carbocycles. The maximum absolute atomic E-state index is 16.1. The van der Waals surface area contributed by atoms with Crippen LogP contribution in [0, 0.1) is 0 Å². The normalized spacial score (nSPS) is 12.1. The van der Waals surface area contributed by atoms with Gasteiger partial charge in [-0.2, -0.15) is 0 Å². The zero-order chi connectivity index (χ0) is 35.8. The van der Waals surface area contributed by atoms with Gasteiger partial charge in [-0.25, -0.2) is 0 Å². The molecule has 0 aliphatic rings. The van der Waals surface area contributed by atoms with Gasteiger partial charge in [0.05, 0.1) is 11.0 Å². The predicted octanol–water partition coefficient (Wildman–Crippen LogP) is 11.9. The Hall–Kier alpha value is -6.67. The molecule has 0 fully saturated rings. The van der Waals surface area contributed by atoms with E-state index in [1.54, 1.807) is 6.20 Å². The van der Waals surface area contributed by atoms with Crippen LogP contribution in [0.4, 0.5) is 0 Å². The van der Waals surface area contributed by atoms with Gasteiger partial charge < -0.3 is 4.57 Å². The molecule has 12 aromatic rings. The monoisotopic (exact) mass is 706 g/mol. The number of fused-ring (bicyclic) bond motifs is 3. The lowest BCUT2D eigenvalue weighted by Gasteiger charge is -2.25. The molecule has 0 amide bonds. The lowest BCUT2D eigenvalue weighted by molar-refractivity contribution is 0.593. The van der Waals surface area contributed by atoms with Gasteiger partial charge in [0.2, 0.25) is 0 Å². The highest BCUT2D eigenvalue weighted by molar-refractivity contribution is 7.86. The molecule has 0 unspecified atom stereocenters. The number of aromatic nitrogens is 2. The van der Waals surface area contributed by atoms with Crippen LogP contribution in [0.1, 0.15) is 0 Å². The summed E-state index contributed by atoms with van der Waals surface area (Å²) in [6, 6.07) is 61.2. The van der Waals surface area contributed by atoms with Crippen LogP contribution in [0.2, 0.25) is 0 Å². The van der Waals surface area contributed by atoms with E-state index in [0.29, 0.717) is 0 Å². The van der Waals surface area contributed by atoms with Gasteiger partial charge in [0.25, 0.3) is 0 Å². The number of pyridine rings is 2. The third-order valence-corrected chi connectivity index (χ3v) is 14.3. The van der Waals surface area contributed by atoms with Crippen LogP contribution in [0.3, 0.4) is 0 Å². The molecule has 10 aromatic carbocycles. The van der Waals surface area contributed by atoms with Crippen LogP contribution in [-0.2, 0) is 4.57 Å². The second-order valence-electron chi connectivity index (χ2n) is 14.0. The molecule has 0 spiro atoms. The van der Waals surface area contributed by atoms with E-state index in [0.717, 1.165) is 48.5 Å². The Morgan fingerprint density at radius 2 is 0.796 bits per heavy atom. The first-order chi connectivity index (χ1) is 26.7. The van der Waals surface area contributed by atoms with Crippen molar-refractivity contribution in [1.29, 1.82) is 0 Å². The molecule has 2 aromatic heterocycles. The number of nitrogens with zero attached hydrogens (tertiary/aromatic N) is 2. The summed E-state index contributed by atoms with van der Waals surface area (Å²) in [5.74, 6) is 0. The first-order valence-electron chi connectivity index (χ1n) is 18.3. The predicted molar refractivity (Wildman–Crippen MR) is 230 cm³/mol. The van der Waals surface area contributed by atoms with Gasteiger partial charge in [-0.1, -0.05) is 140 Å². The fraction of sp³-hybridized carbons (Fsp3) is 0. The summed E-state index contributed by atoms with van der Waals surface area (Å²) in [6.45, 7) is 0. The third kappa shape index (κ3) is 4.52. The maximum Gasteiger partial charge on any atom is 0.172 e. The summed E-state index contributed by atoms with van der Waals surface area (Å²) in [6.07, 6.45) is 3.62. The SMILES string of the molecule is O=P(c1ccccc1)(c1ccc2ccc3cccc4ccc1c2c34)c1ccc2ccc3cccc4ccc1c2c34.c1cnc2c(c1)ccc1ncccc12. The number of benzene rings is 10. The van der Waals surface area contributed by atoms with Gasteiger partial charge in [-0.3, -0.25) is 9.97 Å². The first kappa shape index (κ1) is 30.9. The molecule has 252 valence electrons. The largest absolute Gasteiger partial charge is 0.309 e. The van der Waals surface area contributed by atoms with E-state index in [1.807, 2.05) is 54.7 Å². The Bertz CT molecular complexity index is 3190. The highest BCUT2D eigenvalue weighted by Gasteiger charge is 2.34. The van der Waals surface area contributed by atoms with E-state index >= 15 is 4.57 Å². The summed E-state index contributed by atoms with van der Waals surface area (Å²) in [5, 5.41) is 19.2. The van der Waals surface area contributed by atoms with Crippen molar-refractivity contribution in [3.63, 3.8) is 0 Å². The lowest BCUT2D eigenvalue weighted by atomic mass is 9.94. The second-order valence-corrected chi connectivity index (χ2v) is 16.7. The fourth-order valence-corrected chi connectivity index (χ4v) is 11.8. The molecule has 2 heterocycles. The summed E-state index contributed by atoms with van der Waals surface area (Å²) < 4.78 is 16.1. The Morgan fingerprint density at radius 3 is 1.39 bits per heavy atom. The molecule has 0 radical (unpaired) electrons. The van der Waals surface area contributed by atoms with Crippen molar-refractivity contribution in [2.45, 2.75) is 0 Å². The number of rotatable bonds is 3. The van der Waals surface area contributed by atoms with Crippen molar-refractivity contribution in [3.05, 3.63) is 188 Å². The van der Waals surface area contributed by atoms with Gasteiger partial charge in [0.15, 0.2) is 7.14 Å². The Kier molecular flexibility index (Phi) is 6.83. The van der Waals surface area contributed by atoms with Crippen LogP contribution < -0.4 is 15.9 Å². The average Bonchev–Trinajstić information content (AvgIpc) is 3.25.